The van der Waals surface area contributed by atoms with E-state index < -0.39 is 0 Å². The lowest BCUT2D eigenvalue weighted by molar-refractivity contribution is 0.476. The summed E-state index contributed by atoms with van der Waals surface area (Å²) in [6.07, 6.45) is 5.50. The molecule has 0 fully saturated rings. The van der Waals surface area contributed by atoms with Crippen molar-refractivity contribution in [2.45, 2.75) is 32.2 Å². The molecule has 90 valence electrons. The number of thiazole rings is 1. The van der Waals surface area contributed by atoms with Crippen molar-refractivity contribution in [2.24, 2.45) is 5.73 Å². The van der Waals surface area contributed by atoms with E-state index in [1.54, 1.807) is 17.5 Å². The van der Waals surface area contributed by atoms with E-state index >= 15 is 0 Å². The number of pyridine rings is 1. The molecular weight excluding hydrogens is 230 g/mol. The average molecular weight is 247 g/mol. The average Bonchev–Trinajstić information content (AvgIpc) is 2.75. The summed E-state index contributed by atoms with van der Waals surface area (Å²) in [5.74, 6) is 0. The van der Waals surface area contributed by atoms with Gasteiger partial charge in [-0.25, -0.2) is 4.98 Å². The minimum atomic E-state index is -0.125. The van der Waals surface area contributed by atoms with E-state index in [2.05, 4.69) is 15.3 Å². The van der Waals surface area contributed by atoms with Crippen LogP contribution >= 0.6 is 11.3 Å². The van der Waals surface area contributed by atoms with Crippen molar-refractivity contribution in [3.05, 3.63) is 34.9 Å². The van der Waals surface area contributed by atoms with Gasteiger partial charge in [-0.3, -0.25) is 4.98 Å². The van der Waals surface area contributed by atoms with Crippen molar-refractivity contribution in [3.8, 4) is 11.3 Å². The lowest BCUT2D eigenvalue weighted by Gasteiger charge is -2.16. The van der Waals surface area contributed by atoms with E-state index in [-0.39, 0.29) is 5.54 Å². The molecular formula is C13H17N3S. The van der Waals surface area contributed by atoms with Gasteiger partial charge in [0.2, 0.25) is 0 Å². The van der Waals surface area contributed by atoms with Gasteiger partial charge in [-0.2, -0.15) is 0 Å². The Balaban J connectivity index is 2.07. The Bertz CT molecular complexity index is 471. The molecule has 3 nitrogen and oxygen atoms in total. The SMILES string of the molecule is CC(C)(N)CCc1nc(-c2cccnc2)cs1. The molecule has 0 spiro atoms. The molecule has 0 saturated heterocycles. The first-order valence-corrected chi connectivity index (χ1v) is 6.56. The zero-order valence-corrected chi connectivity index (χ0v) is 11.0. The number of hydrogen-bond acceptors (Lipinski definition) is 4. The van der Waals surface area contributed by atoms with E-state index in [9.17, 15) is 0 Å². The highest BCUT2D eigenvalue weighted by Gasteiger charge is 2.12. The molecule has 0 atom stereocenters. The van der Waals surface area contributed by atoms with Gasteiger partial charge in [0.15, 0.2) is 0 Å². The van der Waals surface area contributed by atoms with E-state index in [0.29, 0.717) is 0 Å². The van der Waals surface area contributed by atoms with Crippen LogP contribution in [0.2, 0.25) is 0 Å². The van der Waals surface area contributed by atoms with Crippen LogP contribution in [0.3, 0.4) is 0 Å². The molecule has 0 aliphatic carbocycles. The molecule has 2 rings (SSSR count). The Morgan fingerprint density at radius 1 is 1.41 bits per heavy atom. The smallest absolute Gasteiger partial charge is 0.0933 e. The first kappa shape index (κ1) is 12.2. The van der Waals surface area contributed by atoms with Gasteiger partial charge in [0.25, 0.3) is 0 Å². The van der Waals surface area contributed by atoms with Crippen LogP contribution in [-0.4, -0.2) is 15.5 Å². The van der Waals surface area contributed by atoms with Crippen LogP contribution in [0.5, 0.6) is 0 Å². The van der Waals surface area contributed by atoms with Gasteiger partial charge < -0.3 is 5.73 Å². The fourth-order valence-electron chi connectivity index (χ4n) is 1.50. The highest BCUT2D eigenvalue weighted by molar-refractivity contribution is 7.09. The van der Waals surface area contributed by atoms with Crippen LogP contribution in [0, 0.1) is 0 Å². The van der Waals surface area contributed by atoms with E-state index in [1.807, 2.05) is 32.2 Å². The van der Waals surface area contributed by atoms with Crippen LogP contribution in [-0.2, 0) is 6.42 Å². The summed E-state index contributed by atoms with van der Waals surface area (Å²) in [6.45, 7) is 4.09. The second-order valence-electron chi connectivity index (χ2n) is 4.86. The summed E-state index contributed by atoms with van der Waals surface area (Å²) in [5.41, 5.74) is 7.92. The third-order valence-electron chi connectivity index (χ3n) is 2.49. The summed E-state index contributed by atoms with van der Waals surface area (Å²) in [6, 6.07) is 3.95. The number of nitrogens with zero attached hydrogens (tertiary/aromatic N) is 2. The van der Waals surface area contributed by atoms with Gasteiger partial charge in [0, 0.05) is 35.3 Å². The topological polar surface area (TPSA) is 51.8 Å². The minimum Gasteiger partial charge on any atom is -0.326 e. The minimum absolute atomic E-state index is 0.125. The maximum absolute atomic E-state index is 5.97. The number of aromatic nitrogens is 2. The van der Waals surface area contributed by atoms with E-state index in [0.717, 1.165) is 29.1 Å². The van der Waals surface area contributed by atoms with Crippen LogP contribution in [0.15, 0.2) is 29.9 Å². The lowest BCUT2D eigenvalue weighted by atomic mass is 10.0. The molecule has 2 aromatic rings. The molecule has 0 bridgehead atoms. The largest absolute Gasteiger partial charge is 0.326 e. The highest BCUT2D eigenvalue weighted by atomic mass is 32.1. The molecule has 0 aromatic carbocycles. The van der Waals surface area contributed by atoms with Crippen molar-refractivity contribution in [1.29, 1.82) is 0 Å². The van der Waals surface area contributed by atoms with Crippen molar-refractivity contribution in [3.63, 3.8) is 0 Å². The molecule has 2 N–H and O–H groups in total. The molecule has 0 radical (unpaired) electrons. The number of aryl methyl sites for hydroxylation is 1. The molecule has 0 saturated carbocycles. The maximum Gasteiger partial charge on any atom is 0.0933 e. The van der Waals surface area contributed by atoms with Crippen molar-refractivity contribution in [2.75, 3.05) is 0 Å². The van der Waals surface area contributed by atoms with Gasteiger partial charge in [0.05, 0.1) is 10.7 Å². The molecule has 0 aliphatic heterocycles. The number of rotatable bonds is 4. The zero-order chi connectivity index (χ0) is 12.3. The molecule has 2 heterocycles. The second kappa shape index (κ2) is 4.94. The Morgan fingerprint density at radius 3 is 2.88 bits per heavy atom. The van der Waals surface area contributed by atoms with Crippen LogP contribution < -0.4 is 5.73 Å². The predicted molar refractivity (Wildman–Crippen MR) is 71.9 cm³/mol. The quantitative estimate of drug-likeness (QED) is 0.903. The fraction of sp³-hybridized carbons (Fsp3) is 0.385. The first-order chi connectivity index (χ1) is 8.04. The third kappa shape index (κ3) is 3.61. The van der Waals surface area contributed by atoms with Gasteiger partial charge in [-0.1, -0.05) is 0 Å². The molecule has 0 aliphatic rings. The van der Waals surface area contributed by atoms with E-state index in [1.165, 1.54) is 0 Å². The van der Waals surface area contributed by atoms with E-state index in [4.69, 9.17) is 5.73 Å². The number of nitrogens with two attached hydrogens (primary N) is 1. The molecule has 17 heavy (non-hydrogen) atoms. The zero-order valence-electron chi connectivity index (χ0n) is 10.2. The first-order valence-electron chi connectivity index (χ1n) is 5.68. The van der Waals surface area contributed by atoms with Crippen LogP contribution in [0.1, 0.15) is 25.3 Å². The Hall–Kier alpha value is -1.26. The normalized spacial score (nSPS) is 11.7. The molecule has 0 unspecified atom stereocenters. The third-order valence-corrected chi connectivity index (χ3v) is 3.40. The van der Waals surface area contributed by atoms with Crippen molar-refractivity contribution >= 4 is 11.3 Å². The molecule has 4 heteroatoms. The highest BCUT2D eigenvalue weighted by Crippen LogP contribution is 2.22. The Labute approximate surface area is 106 Å². The van der Waals surface area contributed by atoms with Crippen molar-refractivity contribution < 1.29 is 0 Å². The maximum atomic E-state index is 5.97. The van der Waals surface area contributed by atoms with Gasteiger partial charge in [-0.05, 0) is 32.4 Å². The van der Waals surface area contributed by atoms with Crippen molar-refractivity contribution in [1.82, 2.24) is 9.97 Å². The van der Waals surface area contributed by atoms with Gasteiger partial charge >= 0.3 is 0 Å². The number of hydrogen-bond donors (Lipinski definition) is 1. The predicted octanol–water partition coefficient (Wildman–Crippen LogP) is 2.88. The molecule has 0 amide bonds. The van der Waals surface area contributed by atoms with Crippen LogP contribution in [0.25, 0.3) is 11.3 Å². The monoisotopic (exact) mass is 247 g/mol. The van der Waals surface area contributed by atoms with Crippen LogP contribution in [0.4, 0.5) is 0 Å². The summed E-state index contributed by atoms with van der Waals surface area (Å²) in [7, 11) is 0. The van der Waals surface area contributed by atoms with Gasteiger partial charge in [0.1, 0.15) is 0 Å². The summed E-state index contributed by atoms with van der Waals surface area (Å²) in [4.78, 5) is 8.71. The fourth-order valence-corrected chi connectivity index (χ4v) is 2.31. The van der Waals surface area contributed by atoms with Gasteiger partial charge in [-0.15, -0.1) is 11.3 Å². The second-order valence-corrected chi connectivity index (χ2v) is 5.80. The molecule has 2 aromatic heterocycles. The summed E-state index contributed by atoms with van der Waals surface area (Å²) >= 11 is 1.69. The lowest BCUT2D eigenvalue weighted by Crippen LogP contribution is -2.32. The standard InChI is InChI=1S/C13H17N3S/c1-13(2,14)6-5-12-16-11(9-17-12)10-4-3-7-15-8-10/h3-4,7-9H,5-6,14H2,1-2H3. The Morgan fingerprint density at radius 2 is 2.24 bits per heavy atom. The summed E-state index contributed by atoms with van der Waals surface area (Å²) in [5, 5.41) is 3.22. The summed E-state index contributed by atoms with van der Waals surface area (Å²) < 4.78 is 0. The Kier molecular flexibility index (Phi) is 3.54.